The lowest BCUT2D eigenvalue weighted by molar-refractivity contribution is -0.580. The van der Waals surface area contributed by atoms with Gasteiger partial charge in [-0.15, -0.1) is 12.4 Å². The van der Waals surface area contributed by atoms with E-state index in [0.717, 1.165) is 11.8 Å². The van der Waals surface area contributed by atoms with Gasteiger partial charge in [0.25, 0.3) is 0 Å². The highest BCUT2D eigenvalue weighted by Gasteiger charge is 2.24. The van der Waals surface area contributed by atoms with Crippen molar-refractivity contribution in [1.82, 2.24) is 4.98 Å². The molecule has 1 aromatic carbocycles. The van der Waals surface area contributed by atoms with Crippen molar-refractivity contribution >= 4 is 46.3 Å². The smallest absolute Gasteiger partial charge is 0.316 e. The summed E-state index contributed by atoms with van der Waals surface area (Å²) in [6, 6.07) is 6.57. The van der Waals surface area contributed by atoms with Crippen molar-refractivity contribution in [1.29, 1.82) is 0 Å². The summed E-state index contributed by atoms with van der Waals surface area (Å²) >= 11 is 0.934. The summed E-state index contributed by atoms with van der Waals surface area (Å²) in [7, 11) is 0. The van der Waals surface area contributed by atoms with Crippen LogP contribution in [0.5, 0.6) is 0 Å². The van der Waals surface area contributed by atoms with Gasteiger partial charge in [-0.05, 0) is 6.07 Å². The molecule has 0 spiro atoms. The Hall–Kier alpha value is -2.26. The second-order valence-electron chi connectivity index (χ2n) is 3.78. The van der Waals surface area contributed by atoms with Crippen molar-refractivity contribution < 1.29 is 14.7 Å². The van der Waals surface area contributed by atoms with E-state index in [2.05, 4.69) is 10.1 Å². The molecule has 0 unspecified atom stereocenters. The average molecular weight is 330 g/mol. The number of nitrogens with two attached hydrogens (primary N) is 2. The molecule has 0 aliphatic rings. The van der Waals surface area contributed by atoms with Gasteiger partial charge in [0.2, 0.25) is 5.52 Å². The molecular weight excluding hydrogens is 318 g/mol. The molecule has 1 amide bonds. The molecule has 0 atom stereocenters. The summed E-state index contributed by atoms with van der Waals surface area (Å²) in [5.74, 6) is -0.797. The summed E-state index contributed by atoms with van der Waals surface area (Å²) in [6.45, 7) is 0. The number of thioether (sulfide) groups is 1. The first-order valence-corrected chi connectivity index (χ1v) is 6.44. The normalized spacial score (nSPS) is 11.1. The zero-order valence-electron chi connectivity index (χ0n) is 10.6. The van der Waals surface area contributed by atoms with Crippen LogP contribution in [0, 0.1) is 5.21 Å². The van der Waals surface area contributed by atoms with E-state index in [0.29, 0.717) is 10.2 Å². The Bertz CT molecular complexity index is 710. The lowest BCUT2D eigenvalue weighted by atomic mass is 10.2. The number of oxime groups is 1. The van der Waals surface area contributed by atoms with Crippen LogP contribution in [0.1, 0.15) is 16.2 Å². The van der Waals surface area contributed by atoms with E-state index >= 15 is 0 Å². The molecule has 10 heteroatoms. The number of hydrogen-bond donors (Lipinski definition) is 3. The predicted molar refractivity (Wildman–Crippen MR) is 81.2 cm³/mol. The Morgan fingerprint density at radius 1 is 1.43 bits per heavy atom. The summed E-state index contributed by atoms with van der Waals surface area (Å²) in [5, 5.41) is 23.3. The maximum absolute atomic E-state index is 12.2. The number of fused-ring (bicyclic) bond motifs is 1. The second-order valence-corrected chi connectivity index (χ2v) is 4.78. The maximum Gasteiger partial charge on any atom is 0.316 e. The molecule has 0 saturated carbocycles. The first kappa shape index (κ1) is 16.8. The molecule has 0 aliphatic heterocycles. The number of nitrogens with zero attached hydrogens (tertiary/aromatic N) is 3. The highest BCUT2D eigenvalue weighted by molar-refractivity contribution is 8.13. The quantitative estimate of drug-likeness (QED) is 0.185. The number of carbonyl (C=O) groups excluding carboxylic acids is 1. The fourth-order valence-corrected chi connectivity index (χ4v) is 2.22. The van der Waals surface area contributed by atoms with Gasteiger partial charge >= 0.3 is 11.6 Å². The molecule has 2 rings (SSSR count). The van der Waals surface area contributed by atoms with E-state index in [1.54, 1.807) is 24.3 Å². The average Bonchev–Trinajstić information content (AvgIpc) is 2.44. The number of benzene rings is 1. The molecule has 2 aromatic rings. The second kappa shape index (κ2) is 6.95. The van der Waals surface area contributed by atoms with Gasteiger partial charge in [-0.2, -0.15) is 4.73 Å². The van der Waals surface area contributed by atoms with Crippen LogP contribution in [0.15, 0.2) is 29.4 Å². The number of rotatable bonds is 3. The van der Waals surface area contributed by atoms with E-state index in [-0.39, 0.29) is 40.2 Å². The van der Waals surface area contributed by atoms with Gasteiger partial charge in [0, 0.05) is 6.07 Å². The number of aromatic nitrogens is 2. The highest BCUT2D eigenvalue weighted by atomic mass is 35.5. The third-order valence-corrected chi connectivity index (χ3v) is 3.32. The van der Waals surface area contributed by atoms with Crippen molar-refractivity contribution in [3.05, 3.63) is 40.9 Å². The van der Waals surface area contributed by atoms with Gasteiger partial charge in [0.1, 0.15) is 11.2 Å². The highest BCUT2D eigenvalue weighted by Crippen LogP contribution is 2.16. The Balaban J connectivity index is 0.00000220. The summed E-state index contributed by atoms with van der Waals surface area (Å²) in [5.41, 5.74) is 11.2. The van der Waals surface area contributed by atoms with E-state index in [4.69, 9.17) is 16.7 Å². The summed E-state index contributed by atoms with van der Waals surface area (Å²) in [6.07, 6.45) is 0. The van der Waals surface area contributed by atoms with Crippen LogP contribution in [-0.2, 0) is 5.75 Å². The predicted octanol–water partition coefficient (Wildman–Crippen LogP) is 0.326. The minimum absolute atomic E-state index is 0. The molecule has 0 fully saturated rings. The standard InChI is InChI=1S/C11H11N5O3S.ClH/c12-10(17)9-7(5-20-11(13)15-18)14-6-3-1-2-4-8(6)16(9)19;/h1-4,18H,5H2,(H2,12,17)(H2,13,15);1H. The largest absolute Gasteiger partial charge is 0.618 e. The van der Waals surface area contributed by atoms with Crippen LogP contribution in [0.3, 0.4) is 0 Å². The van der Waals surface area contributed by atoms with Gasteiger partial charge in [-0.1, -0.05) is 29.1 Å². The Morgan fingerprint density at radius 2 is 2.10 bits per heavy atom. The van der Waals surface area contributed by atoms with Crippen molar-refractivity contribution in [2.75, 3.05) is 0 Å². The first-order valence-electron chi connectivity index (χ1n) is 5.46. The minimum atomic E-state index is -0.881. The van der Waals surface area contributed by atoms with Crippen molar-refractivity contribution in [3.63, 3.8) is 0 Å². The van der Waals surface area contributed by atoms with Crippen LogP contribution in [0.25, 0.3) is 11.0 Å². The molecule has 0 saturated heterocycles. The van der Waals surface area contributed by atoms with Crippen molar-refractivity contribution in [3.8, 4) is 0 Å². The molecule has 5 N–H and O–H groups in total. The number of amidine groups is 1. The molecule has 112 valence electrons. The van der Waals surface area contributed by atoms with Crippen LogP contribution >= 0.6 is 24.2 Å². The molecule has 1 aromatic heterocycles. The number of amides is 1. The van der Waals surface area contributed by atoms with Crippen molar-refractivity contribution in [2.45, 2.75) is 5.75 Å². The number of para-hydroxylation sites is 2. The van der Waals surface area contributed by atoms with Gasteiger partial charge in [0.05, 0.1) is 5.75 Å². The molecule has 8 nitrogen and oxygen atoms in total. The fourth-order valence-electron chi connectivity index (χ4n) is 1.68. The topological polar surface area (TPSA) is 142 Å². The summed E-state index contributed by atoms with van der Waals surface area (Å²) < 4.78 is 0.451. The van der Waals surface area contributed by atoms with Crippen molar-refractivity contribution in [2.24, 2.45) is 16.6 Å². The van der Waals surface area contributed by atoms with Crippen LogP contribution in [0.4, 0.5) is 0 Å². The summed E-state index contributed by atoms with van der Waals surface area (Å²) in [4.78, 5) is 15.7. The number of carbonyl (C=O) groups is 1. The SMILES string of the molecule is Cl.NC(=O)c1c(CS/C(N)=N/O)nc2ccccc2[n+]1[O-]. The molecule has 0 radical (unpaired) electrons. The Morgan fingerprint density at radius 3 is 2.71 bits per heavy atom. The third kappa shape index (κ3) is 3.44. The minimum Gasteiger partial charge on any atom is -0.618 e. The van der Waals surface area contributed by atoms with Gasteiger partial charge in [-0.25, -0.2) is 4.98 Å². The Kier molecular flexibility index (Phi) is 5.56. The van der Waals surface area contributed by atoms with Crippen LogP contribution in [-0.4, -0.2) is 21.3 Å². The van der Waals surface area contributed by atoms with E-state index in [9.17, 15) is 10.0 Å². The fraction of sp³-hybridized carbons (Fsp3) is 0.0909. The monoisotopic (exact) mass is 329 g/mol. The van der Waals surface area contributed by atoms with E-state index in [1.807, 2.05) is 0 Å². The molecule has 21 heavy (non-hydrogen) atoms. The number of halogens is 1. The number of primary amides is 1. The van der Waals surface area contributed by atoms with Gasteiger partial charge < -0.3 is 21.9 Å². The van der Waals surface area contributed by atoms with Gasteiger partial charge in [0.15, 0.2) is 5.17 Å². The third-order valence-electron chi connectivity index (χ3n) is 2.52. The molecule has 0 aliphatic carbocycles. The zero-order chi connectivity index (χ0) is 14.7. The maximum atomic E-state index is 12.2. The van der Waals surface area contributed by atoms with E-state index < -0.39 is 5.91 Å². The number of hydrogen-bond acceptors (Lipinski definition) is 6. The lowest BCUT2D eigenvalue weighted by Gasteiger charge is -2.09. The lowest BCUT2D eigenvalue weighted by Crippen LogP contribution is -2.40. The Labute approximate surface area is 129 Å². The molecule has 1 heterocycles. The first-order chi connectivity index (χ1) is 9.54. The molecule has 0 bridgehead atoms. The van der Waals surface area contributed by atoms with Gasteiger partial charge in [-0.3, -0.25) is 4.79 Å². The molecular formula is C11H12ClN5O3S. The zero-order valence-corrected chi connectivity index (χ0v) is 12.2. The van der Waals surface area contributed by atoms with Crippen LogP contribution in [0.2, 0.25) is 0 Å². The van der Waals surface area contributed by atoms with E-state index in [1.165, 1.54) is 0 Å². The van der Waals surface area contributed by atoms with Crippen LogP contribution < -0.4 is 16.2 Å².